The third-order valence-corrected chi connectivity index (χ3v) is 3.48. The lowest BCUT2D eigenvalue weighted by atomic mass is 9.95. The second-order valence-corrected chi connectivity index (χ2v) is 5.10. The molecule has 0 saturated carbocycles. The topological polar surface area (TPSA) is 12.9 Å². The molecule has 1 aromatic rings. The van der Waals surface area contributed by atoms with Gasteiger partial charge in [0.25, 0.3) is 0 Å². The highest BCUT2D eigenvalue weighted by atomic mass is 14.7. The molecule has 0 aliphatic heterocycles. The van der Waals surface area contributed by atoms with Gasteiger partial charge in [0, 0.05) is 11.9 Å². The number of hydrogen-bond donors (Lipinski definition) is 0. The normalized spacial score (nSPS) is 13.0. The van der Waals surface area contributed by atoms with Crippen molar-refractivity contribution in [2.24, 2.45) is 5.92 Å². The van der Waals surface area contributed by atoms with E-state index in [1.54, 1.807) is 6.08 Å². The second-order valence-electron chi connectivity index (χ2n) is 5.10. The van der Waals surface area contributed by atoms with Crippen molar-refractivity contribution >= 4 is 5.57 Å². The maximum Gasteiger partial charge on any atom is 0.0410 e. The summed E-state index contributed by atoms with van der Waals surface area (Å²) in [7, 11) is 0. The Balaban J connectivity index is 0.00000254. The first kappa shape index (κ1) is 21.6. The summed E-state index contributed by atoms with van der Waals surface area (Å²) in [5, 5.41) is 0. The molecule has 0 amide bonds. The zero-order valence-electron chi connectivity index (χ0n) is 15.6. The highest BCUT2D eigenvalue weighted by molar-refractivity contribution is 5.74. The molecular formula is C23H31N. The first-order valence-corrected chi connectivity index (χ1v) is 8.52. The van der Waals surface area contributed by atoms with Crippen LogP contribution >= 0.6 is 0 Å². The van der Waals surface area contributed by atoms with Crippen LogP contribution in [-0.4, -0.2) is 4.98 Å². The zero-order chi connectivity index (χ0) is 18.4. The smallest absolute Gasteiger partial charge is 0.0410 e. The van der Waals surface area contributed by atoms with E-state index in [0.717, 1.165) is 23.3 Å². The van der Waals surface area contributed by atoms with Gasteiger partial charge in [-0.3, -0.25) is 4.98 Å². The molecule has 0 N–H and O–H groups in total. The van der Waals surface area contributed by atoms with Crippen LogP contribution in [0.4, 0.5) is 0 Å². The van der Waals surface area contributed by atoms with Crippen LogP contribution in [0, 0.1) is 5.92 Å². The van der Waals surface area contributed by atoms with Crippen LogP contribution in [0.2, 0.25) is 0 Å². The van der Waals surface area contributed by atoms with Crippen LogP contribution in [0.25, 0.3) is 5.57 Å². The lowest BCUT2D eigenvalue weighted by Crippen LogP contribution is -2.04. The van der Waals surface area contributed by atoms with E-state index >= 15 is 0 Å². The maximum absolute atomic E-state index is 4.57. The number of hydrogen-bond acceptors (Lipinski definition) is 1. The highest BCUT2D eigenvalue weighted by Gasteiger charge is 2.08. The van der Waals surface area contributed by atoms with Crippen molar-refractivity contribution in [3.63, 3.8) is 0 Å². The van der Waals surface area contributed by atoms with Crippen molar-refractivity contribution in [2.75, 3.05) is 0 Å². The van der Waals surface area contributed by atoms with Gasteiger partial charge in [-0.1, -0.05) is 89.1 Å². The van der Waals surface area contributed by atoms with Gasteiger partial charge in [-0.05, 0) is 42.0 Å². The molecule has 1 unspecified atom stereocenters. The average molecular weight is 322 g/mol. The molecule has 0 fully saturated rings. The SMILES string of the molecule is C=C/C=C(\C=C)C(C)Cc1ccc(/C(C=C)=C/C=C\C)cn1.CC. The van der Waals surface area contributed by atoms with Gasteiger partial charge in [-0.2, -0.15) is 0 Å². The van der Waals surface area contributed by atoms with E-state index in [1.165, 1.54) is 5.57 Å². The van der Waals surface area contributed by atoms with Crippen LogP contribution in [0.5, 0.6) is 0 Å². The van der Waals surface area contributed by atoms with Crippen LogP contribution < -0.4 is 0 Å². The summed E-state index contributed by atoms with van der Waals surface area (Å²) in [6.07, 6.45) is 16.4. The van der Waals surface area contributed by atoms with Gasteiger partial charge < -0.3 is 0 Å². The molecule has 0 aliphatic rings. The molecule has 1 atom stereocenters. The van der Waals surface area contributed by atoms with Gasteiger partial charge in [0.05, 0.1) is 0 Å². The summed E-state index contributed by atoms with van der Waals surface area (Å²) in [5.41, 5.74) is 4.40. The molecule has 1 nitrogen and oxygen atoms in total. The van der Waals surface area contributed by atoms with Crippen molar-refractivity contribution in [2.45, 2.75) is 34.1 Å². The molecular weight excluding hydrogens is 290 g/mol. The number of nitrogens with zero attached hydrogens (tertiary/aromatic N) is 1. The van der Waals surface area contributed by atoms with Crippen molar-refractivity contribution < 1.29 is 0 Å². The lowest BCUT2D eigenvalue weighted by Gasteiger charge is -2.12. The molecule has 1 heterocycles. The summed E-state index contributed by atoms with van der Waals surface area (Å²) in [5.74, 6) is 0.367. The Morgan fingerprint density at radius 2 is 1.83 bits per heavy atom. The molecule has 1 rings (SSSR count). The largest absolute Gasteiger partial charge is 0.261 e. The molecule has 0 saturated heterocycles. The van der Waals surface area contributed by atoms with Gasteiger partial charge in [-0.15, -0.1) is 0 Å². The molecule has 0 aliphatic carbocycles. The second kappa shape index (κ2) is 13.1. The molecule has 0 spiro atoms. The fourth-order valence-electron chi connectivity index (χ4n) is 2.20. The predicted octanol–water partition coefficient (Wildman–Crippen LogP) is 6.73. The zero-order valence-corrected chi connectivity index (χ0v) is 15.6. The standard InChI is InChI=1S/C21H25N.C2H6/c1-6-10-12-19(9-4)20-13-14-21(22-16-20)15-17(5)18(8-3)11-7-2;1-2/h6-14,16-17H,2-4,15H2,1,5H3;1-2H3/b10-6-,18-11+,19-12+;. The van der Waals surface area contributed by atoms with E-state index in [-0.39, 0.29) is 0 Å². The van der Waals surface area contributed by atoms with E-state index < -0.39 is 0 Å². The molecule has 128 valence electrons. The van der Waals surface area contributed by atoms with Gasteiger partial charge in [0.2, 0.25) is 0 Å². The molecule has 0 radical (unpaired) electrons. The van der Waals surface area contributed by atoms with E-state index in [1.807, 2.05) is 63.4 Å². The Morgan fingerprint density at radius 3 is 2.29 bits per heavy atom. The van der Waals surface area contributed by atoms with Gasteiger partial charge >= 0.3 is 0 Å². The van der Waals surface area contributed by atoms with Crippen molar-refractivity contribution in [3.05, 3.63) is 97.4 Å². The summed E-state index contributed by atoms with van der Waals surface area (Å²) >= 11 is 0. The van der Waals surface area contributed by atoms with Crippen LogP contribution in [0.3, 0.4) is 0 Å². The minimum atomic E-state index is 0.367. The predicted molar refractivity (Wildman–Crippen MR) is 110 cm³/mol. The van der Waals surface area contributed by atoms with Crippen LogP contribution in [0.15, 0.2) is 86.2 Å². The third-order valence-electron chi connectivity index (χ3n) is 3.48. The van der Waals surface area contributed by atoms with Crippen molar-refractivity contribution in [3.8, 4) is 0 Å². The lowest BCUT2D eigenvalue weighted by molar-refractivity contribution is 0.679. The first-order chi connectivity index (χ1) is 11.7. The third kappa shape index (κ3) is 7.23. The highest BCUT2D eigenvalue weighted by Crippen LogP contribution is 2.19. The van der Waals surface area contributed by atoms with Gasteiger partial charge in [0.15, 0.2) is 0 Å². The summed E-state index contributed by atoms with van der Waals surface area (Å²) in [4.78, 5) is 4.57. The molecule has 0 bridgehead atoms. The Kier molecular flexibility index (Phi) is 11.8. The van der Waals surface area contributed by atoms with Crippen molar-refractivity contribution in [1.82, 2.24) is 4.98 Å². The van der Waals surface area contributed by atoms with E-state index in [4.69, 9.17) is 0 Å². The number of pyridine rings is 1. The average Bonchev–Trinajstić information content (AvgIpc) is 2.63. The Hall–Kier alpha value is -2.41. The minimum absolute atomic E-state index is 0.367. The summed E-state index contributed by atoms with van der Waals surface area (Å²) in [6, 6.07) is 4.17. The number of aromatic nitrogens is 1. The summed E-state index contributed by atoms with van der Waals surface area (Å²) in [6.45, 7) is 19.6. The van der Waals surface area contributed by atoms with Gasteiger partial charge in [0.1, 0.15) is 0 Å². The number of allylic oxidation sites excluding steroid dienone is 9. The Bertz CT molecular complexity index is 597. The first-order valence-electron chi connectivity index (χ1n) is 8.52. The fourth-order valence-corrected chi connectivity index (χ4v) is 2.20. The molecule has 1 aromatic heterocycles. The Labute approximate surface area is 148 Å². The van der Waals surface area contributed by atoms with E-state index in [2.05, 4.69) is 43.8 Å². The summed E-state index contributed by atoms with van der Waals surface area (Å²) < 4.78 is 0. The van der Waals surface area contributed by atoms with Crippen LogP contribution in [0.1, 0.15) is 39.0 Å². The van der Waals surface area contributed by atoms with E-state index in [0.29, 0.717) is 5.92 Å². The van der Waals surface area contributed by atoms with E-state index in [9.17, 15) is 0 Å². The fraction of sp³-hybridized carbons (Fsp3) is 0.261. The van der Waals surface area contributed by atoms with Crippen molar-refractivity contribution in [1.29, 1.82) is 0 Å². The van der Waals surface area contributed by atoms with Gasteiger partial charge in [-0.25, -0.2) is 0 Å². The number of rotatable bonds is 8. The van der Waals surface area contributed by atoms with Crippen LogP contribution in [-0.2, 0) is 6.42 Å². The molecule has 1 heteroatoms. The monoisotopic (exact) mass is 321 g/mol. The Morgan fingerprint density at radius 1 is 1.12 bits per heavy atom. The molecule has 0 aromatic carbocycles. The maximum atomic E-state index is 4.57. The minimum Gasteiger partial charge on any atom is -0.261 e. The molecule has 24 heavy (non-hydrogen) atoms. The quantitative estimate of drug-likeness (QED) is 0.484.